The molecule has 36 heavy (non-hydrogen) atoms. The summed E-state index contributed by atoms with van der Waals surface area (Å²) in [6.45, 7) is 2.57. The van der Waals surface area contributed by atoms with Gasteiger partial charge in [0, 0.05) is 4.47 Å². The number of imide groups is 1. The second-order valence-corrected chi connectivity index (χ2v) is 9.40. The fourth-order valence-corrected chi connectivity index (χ4v) is 4.65. The lowest BCUT2D eigenvalue weighted by Gasteiger charge is -2.14. The molecule has 0 unspecified atom stereocenters. The Bertz CT molecular complexity index is 1320. The Morgan fingerprint density at radius 2 is 1.83 bits per heavy atom. The fourth-order valence-electron chi connectivity index (χ4n) is 3.38. The topological polar surface area (TPSA) is 95.3 Å². The maximum atomic E-state index is 13.0. The maximum absolute atomic E-state index is 13.0. The molecule has 0 spiro atoms. The van der Waals surface area contributed by atoms with Crippen LogP contribution < -0.4 is 9.47 Å². The molecule has 1 saturated heterocycles. The van der Waals surface area contributed by atoms with Gasteiger partial charge in [0.05, 0.1) is 25.2 Å². The standard InChI is InChI=1S/C26H22BrNO7S/c1-3-33-21-11-17(19(27)13-22(21)34-15-16-7-5-4-6-8-16)12-23-24(29)28(26(31)36-23)14-18-9-10-20(35-18)25(30)32-2/h4-13H,3,14-15H2,1-2H3/b23-12+. The zero-order valence-electron chi connectivity index (χ0n) is 19.5. The molecule has 4 rings (SSSR count). The Morgan fingerprint density at radius 1 is 1.08 bits per heavy atom. The van der Waals surface area contributed by atoms with E-state index in [0.29, 0.717) is 40.5 Å². The van der Waals surface area contributed by atoms with Crippen LogP contribution in [0, 0.1) is 0 Å². The summed E-state index contributed by atoms with van der Waals surface area (Å²) in [5, 5.41) is -0.439. The van der Waals surface area contributed by atoms with Crippen molar-refractivity contribution in [1.82, 2.24) is 4.90 Å². The lowest BCUT2D eigenvalue weighted by molar-refractivity contribution is -0.123. The minimum atomic E-state index is -0.638. The second-order valence-electron chi connectivity index (χ2n) is 7.55. The molecule has 2 amide bonds. The first-order valence-corrected chi connectivity index (χ1v) is 12.6. The van der Waals surface area contributed by atoms with E-state index in [-0.39, 0.29) is 17.2 Å². The molecule has 0 atom stereocenters. The van der Waals surface area contributed by atoms with Crippen LogP contribution >= 0.6 is 27.7 Å². The van der Waals surface area contributed by atoms with E-state index in [1.165, 1.54) is 19.2 Å². The molecule has 8 nitrogen and oxygen atoms in total. The van der Waals surface area contributed by atoms with Crippen molar-refractivity contribution in [2.24, 2.45) is 0 Å². The quantitative estimate of drug-likeness (QED) is 0.226. The summed E-state index contributed by atoms with van der Waals surface area (Å²) in [4.78, 5) is 38.4. The van der Waals surface area contributed by atoms with Gasteiger partial charge in [-0.1, -0.05) is 46.3 Å². The molecule has 1 aliphatic rings. The number of benzene rings is 2. The van der Waals surface area contributed by atoms with Gasteiger partial charge in [0.25, 0.3) is 11.1 Å². The summed E-state index contributed by atoms with van der Waals surface area (Å²) in [5.74, 6) is 0.262. The van der Waals surface area contributed by atoms with Gasteiger partial charge in [-0.2, -0.15) is 0 Å². The summed E-state index contributed by atoms with van der Waals surface area (Å²) in [6.07, 6.45) is 1.63. The van der Waals surface area contributed by atoms with Crippen molar-refractivity contribution in [3.05, 3.63) is 86.6 Å². The molecule has 0 N–H and O–H groups in total. The number of carbonyl (C=O) groups is 3. The average molecular weight is 572 g/mol. The molecule has 1 aromatic heterocycles. The van der Waals surface area contributed by atoms with Gasteiger partial charge in [-0.15, -0.1) is 0 Å². The van der Waals surface area contributed by atoms with E-state index in [9.17, 15) is 14.4 Å². The number of thioether (sulfide) groups is 1. The molecule has 0 saturated carbocycles. The summed E-state index contributed by atoms with van der Waals surface area (Å²) < 4.78 is 22.4. The molecule has 0 bridgehead atoms. The molecule has 0 radical (unpaired) electrons. The maximum Gasteiger partial charge on any atom is 0.373 e. The van der Waals surface area contributed by atoms with Gasteiger partial charge in [-0.3, -0.25) is 14.5 Å². The Kier molecular flexibility index (Phi) is 8.17. The minimum Gasteiger partial charge on any atom is -0.490 e. The van der Waals surface area contributed by atoms with Gasteiger partial charge in [0.1, 0.15) is 12.4 Å². The van der Waals surface area contributed by atoms with Crippen LogP contribution in [-0.2, 0) is 22.7 Å². The molecule has 2 heterocycles. The van der Waals surface area contributed by atoms with Gasteiger partial charge in [0.15, 0.2) is 11.5 Å². The SMILES string of the molecule is CCOc1cc(/C=C2/SC(=O)N(Cc3ccc(C(=O)OC)o3)C2=O)c(Br)cc1OCc1ccccc1. The Labute approximate surface area is 220 Å². The smallest absolute Gasteiger partial charge is 0.373 e. The minimum absolute atomic E-state index is 0.00280. The average Bonchev–Trinajstić information content (AvgIpc) is 3.45. The van der Waals surface area contributed by atoms with Crippen LogP contribution in [0.3, 0.4) is 0 Å². The van der Waals surface area contributed by atoms with E-state index in [2.05, 4.69) is 20.7 Å². The van der Waals surface area contributed by atoms with Gasteiger partial charge in [-0.05, 0) is 60.2 Å². The van der Waals surface area contributed by atoms with Crippen molar-refractivity contribution in [3.63, 3.8) is 0 Å². The van der Waals surface area contributed by atoms with E-state index < -0.39 is 17.1 Å². The van der Waals surface area contributed by atoms with E-state index in [1.54, 1.807) is 18.2 Å². The monoisotopic (exact) mass is 571 g/mol. The number of ether oxygens (including phenoxy) is 3. The van der Waals surface area contributed by atoms with Crippen LogP contribution in [0.1, 0.15) is 34.4 Å². The van der Waals surface area contributed by atoms with Gasteiger partial charge >= 0.3 is 5.97 Å². The van der Waals surface area contributed by atoms with E-state index >= 15 is 0 Å². The Balaban J connectivity index is 1.53. The fraction of sp³-hybridized carbons (Fsp3) is 0.192. The Morgan fingerprint density at radius 3 is 2.56 bits per heavy atom. The lowest BCUT2D eigenvalue weighted by Crippen LogP contribution is -2.27. The van der Waals surface area contributed by atoms with Crippen molar-refractivity contribution in [1.29, 1.82) is 0 Å². The summed E-state index contributed by atoms with van der Waals surface area (Å²) in [6, 6.07) is 16.3. The van der Waals surface area contributed by atoms with Crippen molar-refractivity contribution in [2.45, 2.75) is 20.1 Å². The van der Waals surface area contributed by atoms with E-state index in [4.69, 9.17) is 13.9 Å². The zero-order chi connectivity index (χ0) is 25.7. The van der Waals surface area contributed by atoms with E-state index in [0.717, 1.165) is 22.2 Å². The summed E-state index contributed by atoms with van der Waals surface area (Å²) >= 11 is 4.36. The van der Waals surface area contributed by atoms with Crippen molar-refractivity contribution < 1.29 is 33.0 Å². The van der Waals surface area contributed by atoms with Crippen molar-refractivity contribution in [3.8, 4) is 11.5 Å². The van der Waals surface area contributed by atoms with Gasteiger partial charge < -0.3 is 18.6 Å². The molecule has 0 aliphatic carbocycles. The number of rotatable bonds is 9. The Hall–Kier alpha value is -3.50. The van der Waals surface area contributed by atoms with Crippen LogP contribution in [0.25, 0.3) is 6.08 Å². The number of amides is 2. The molecule has 3 aromatic rings. The highest BCUT2D eigenvalue weighted by atomic mass is 79.9. The summed E-state index contributed by atoms with van der Waals surface area (Å²) in [5.41, 5.74) is 1.67. The second kappa shape index (κ2) is 11.5. The number of hydrogen-bond acceptors (Lipinski definition) is 8. The predicted octanol–water partition coefficient (Wildman–Crippen LogP) is 6.04. The normalized spacial score (nSPS) is 14.4. The van der Waals surface area contributed by atoms with E-state index in [1.807, 2.05) is 37.3 Å². The van der Waals surface area contributed by atoms with Crippen molar-refractivity contribution in [2.75, 3.05) is 13.7 Å². The highest BCUT2D eigenvalue weighted by Crippen LogP contribution is 2.39. The number of carbonyl (C=O) groups excluding carboxylic acids is 3. The molecule has 1 fully saturated rings. The first-order valence-electron chi connectivity index (χ1n) is 10.9. The lowest BCUT2D eigenvalue weighted by atomic mass is 10.1. The third-order valence-electron chi connectivity index (χ3n) is 5.12. The third-order valence-corrected chi connectivity index (χ3v) is 6.72. The number of furan rings is 1. The third kappa shape index (κ3) is 5.83. The molecule has 2 aromatic carbocycles. The van der Waals surface area contributed by atoms with Crippen LogP contribution in [-0.4, -0.2) is 35.7 Å². The first kappa shape index (κ1) is 25.6. The van der Waals surface area contributed by atoms with Gasteiger partial charge in [-0.25, -0.2) is 4.79 Å². The van der Waals surface area contributed by atoms with Crippen LogP contribution in [0.5, 0.6) is 11.5 Å². The highest BCUT2D eigenvalue weighted by molar-refractivity contribution is 9.10. The predicted molar refractivity (Wildman–Crippen MR) is 138 cm³/mol. The zero-order valence-corrected chi connectivity index (χ0v) is 21.9. The molecule has 1 aliphatic heterocycles. The number of methoxy groups -OCH3 is 1. The molecule has 186 valence electrons. The van der Waals surface area contributed by atoms with Gasteiger partial charge in [0.2, 0.25) is 5.76 Å². The number of halogens is 1. The highest BCUT2D eigenvalue weighted by Gasteiger charge is 2.36. The number of esters is 1. The molecular formula is C26H22BrNO7S. The summed E-state index contributed by atoms with van der Waals surface area (Å²) in [7, 11) is 1.24. The van der Waals surface area contributed by atoms with Crippen LogP contribution in [0.4, 0.5) is 4.79 Å². The molecule has 10 heteroatoms. The van der Waals surface area contributed by atoms with Crippen LogP contribution in [0.15, 0.2) is 68.4 Å². The van der Waals surface area contributed by atoms with Crippen LogP contribution in [0.2, 0.25) is 0 Å². The largest absolute Gasteiger partial charge is 0.490 e. The molecular weight excluding hydrogens is 550 g/mol. The first-order chi connectivity index (χ1) is 17.4. The van der Waals surface area contributed by atoms with Crippen molar-refractivity contribution >= 4 is 50.9 Å². The number of nitrogens with zero attached hydrogens (tertiary/aromatic N) is 1. The number of hydrogen-bond donors (Lipinski definition) is 0.